The number of fused-ring (bicyclic) bond motifs is 3. The van der Waals surface area contributed by atoms with Gasteiger partial charge in [0.2, 0.25) is 5.91 Å². The Labute approximate surface area is 329 Å². The van der Waals surface area contributed by atoms with Gasteiger partial charge in [-0.1, -0.05) is 85.3 Å². The Kier molecular flexibility index (Phi) is 15.2. The average Bonchev–Trinajstić information content (AvgIpc) is 3.45. The van der Waals surface area contributed by atoms with E-state index in [1.165, 1.54) is 0 Å². The third-order valence-corrected chi connectivity index (χ3v) is 8.86. The zero-order chi connectivity index (χ0) is 41.0. The van der Waals surface area contributed by atoms with Crippen molar-refractivity contribution in [3.8, 4) is 11.1 Å². The molecule has 3 aromatic carbocycles. The van der Waals surface area contributed by atoms with Gasteiger partial charge in [0, 0.05) is 17.7 Å². The topological polar surface area (TPSA) is 181 Å². The number of nitrogens with two attached hydrogens (primary N) is 2. The SMILES string of the molecule is CC(C)(C)OC(=O)[C@H](CCCCN(C(=O)OCc1ccccc1)C(=O)OC(C)(C)C)N(C(=O)OC1c2ccccc2-c2ccccc21)C(=O)[C@@H](N)CCCCN. The minimum Gasteiger partial charge on any atom is -0.458 e. The van der Waals surface area contributed by atoms with E-state index in [0.717, 1.165) is 37.6 Å². The minimum absolute atomic E-state index is 0.0691. The first kappa shape index (κ1) is 43.5. The van der Waals surface area contributed by atoms with Gasteiger partial charge in [0.1, 0.15) is 23.9 Å². The van der Waals surface area contributed by atoms with Crippen LogP contribution >= 0.6 is 0 Å². The van der Waals surface area contributed by atoms with E-state index >= 15 is 0 Å². The first-order valence-corrected chi connectivity index (χ1v) is 19.1. The molecule has 0 fully saturated rings. The molecule has 1 aliphatic rings. The van der Waals surface area contributed by atoms with E-state index in [1.807, 2.05) is 54.6 Å². The lowest BCUT2D eigenvalue weighted by molar-refractivity contribution is -0.164. The summed E-state index contributed by atoms with van der Waals surface area (Å²) in [5.74, 6) is -1.64. The molecule has 0 spiro atoms. The number of hydrogen-bond donors (Lipinski definition) is 2. The van der Waals surface area contributed by atoms with Gasteiger partial charge in [-0.05, 0) is 96.9 Å². The molecule has 0 aliphatic heterocycles. The molecule has 2 atom stereocenters. The summed E-state index contributed by atoms with van der Waals surface area (Å²) in [5, 5.41) is 0. The van der Waals surface area contributed by atoms with Crippen LogP contribution in [0.5, 0.6) is 0 Å². The number of rotatable bonds is 15. The number of carbonyl (C=O) groups excluding carboxylic acids is 5. The molecule has 0 unspecified atom stereocenters. The summed E-state index contributed by atoms with van der Waals surface area (Å²) < 4.78 is 22.9. The fourth-order valence-electron chi connectivity index (χ4n) is 6.28. The molecule has 0 saturated heterocycles. The van der Waals surface area contributed by atoms with Crippen LogP contribution < -0.4 is 11.5 Å². The zero-order valence-corrected chi connectivity index (χ0v) is 33.3. The second kappa shape index (κ2) is 19.5. The molecule has 0 heterocycles. The number of benzene rings is 3. The Morgan fingerprint density at radius 3 is 1.80 bits per heavy atom. The first-order valence-electron chi connectivity index (χ1n) is 19.1. The van der Waals surface area contributed by atoms with Crippen LogP contribution in [0.1, 0.15) is 103 Å². The Hall–Kier alpha value is -5.27. The van der Waals surface area contributed by atoms with E-state index in [4.69, 9.17) is 30.4 Å². The number of nitrogens with zero attached hydrogens (tertiary/aromatic N) is 2. The van der Waals surface area contributed by atoms with Gasteiger partial charge in [0.25, 0.3) is 0 Å². The van der Waals surface area contributed by atoms with E-state index < -0.39 is 59.5 Å². The molecule has 302 valence electrons. The molecule has 13 nitrogen and oxygen atoms in total. The van der Waals surface area contributed by atoms with Crippen LogP contribution in [0.4, 0.5) is 14.4 Å². The molecule has 1 aliphatic carbocycles. The molecule has 13 heteroatoms. The third kappa shape index (κ3) is 12.1. The van der Waals surface area contributed by atoms with Crippen molar-refractivity contribution >= 4 is 30.2 Å². The molecule has 3 aromatic rings. The molecule has 4 amide bonds. The van der Waals surface area contributed by atoms with Crippen LogP contribution in [0.3, 0.4) is 0 Å². The maximum atomic E-state index is 14.4. The summed E-state index contributed by atoms with van der Waals surface area (Å²) >= 11 is 0. The Bertz CT molecular complexity index is 1770. The van der Waals surface area contributed by atoms with Gasteiger partial charge >= 0.3 is 24.2 Å². The van der Waals surface area contributed by atoms with Crippen molar-refractivity contribution in [2.45, 2.75) is 116 Å². The molecule has 0 aromatic heterocycles. The average molecular weight is 773 g/mol. The van der Waals surface area contributed by atoms with Crippen LogP contribution in [-0.4, -0.2) is 76.3 Å². The fourth-order valence-corrected chi connectivity index (χ4v) is 6.28. The molecule has 4 rings (SSSR count). The van der Waals surface area contributed by atoms with Crippen molar-refractivity contribution in [3.63, 3.8) is 0 Å². The van der Waals surface area contributed by atoms with Gasteiger partial charge in [-0.2, -0.15) is 0 Å². The molecule has 0 saturated carbocycles. The van der Waals surface area contributed by atoms with E-state index in [9.17, 15) is 24.0 Å². The quantitative estimate of drug-likeness (QED) is 0.0881. The van der Waals surface area contributed by atoms with E-state index in [1.54, 1.807) is 65.8 Å². The Morgan fingerprint density at radius 2 is 1.23 bits per heavy atom. The number of unbranched alkanes of at least 4 members (excludes halogenated alkanes) is 2. The summed E-state index contributed by atoms with van der Waals surface area (Å²) in [5.41, 5.74) is 14.2. The van der Waals surface area contributed by atoms with Crippen LogP contribution in [0, 0.1) is 0 Å². The van der Waals surface area contributed by atoms with Gasteiger partial charge in [0.05, 0.1) is 6.04 Å². The van der Waals surface area contributed by atoms with Crippen LogP contribution in [-0.2, 0) is 35.1 Å². The Morgan fingerprint density at radius 1 is 0.679 bits per heavy atom. The number of ether oxygens (including phenoxy) is 4. The molecule has 0 bridgehead atoms. The second-order valence-electron chi connectivity index (χ2n) is 15.8. The normalized spacial score (nSPS) is 13.4. The van der Waals surface area contributed by atoms with Gasteiger partial charge in [0.15, 0.2) is 6.10 Å². The summed E-state index contributed by atoms with van der Waals surface area (Å²) in [6, 6.07) is 21.4. The predicted octanol–water partition coefficient (Wildman–Crippen LogP) is 7.63. The number of hydrogen-bond acceptors (Lipinski definition) is 11. The molecular weight excluding hydrogens is 716 g/mol. The lowest BCUT2D eigenvalue weighted by Gasteiger charge is -2.33. The predicted molar refractivity (Wildman–Crippen MR) is 211 cm³/mol. The van der Waals surface area contributed by atoms with E-state index in [2.05, 4.69) is 0 Å². The van der Waals surface area contributed by atoms with Crippen molar-refractivity contribution in [1.82, 2.24) is 9.80 Å². The Balaban J connectivity index is 1.61. The summed E-state index contributed by atoms with van der Waals surface area (Å²) in [7, 11) is 0. The van der Waals surface area contributed by atoms with Crippen LogP contribution in [0.25, 0.3) is 11.1 Å². The molecule has 4 N–H and O–H groups in total. The van der Waals surface area contributed by atoms with E-state index in [-0.39, 0.29) is 38.8 Å². The monoisotopic (exact) mass is 772 g/mol. The van der Waals surface area contributed by atoms with Crippen molar-refractivity contribution in [1.29, 1.82) is 0 Å². The van der Waals surface area contributed by atoms with Gasteiger partial charge < -0.3 is 30.4 Å². The number of esters is 1. The van der Waals surface area contributed by atoms with E-state index in [0.29, 0.717) is 19.4 Å². The number of imide groups is 2. The van der Waals surface area contributed by atoms with Gasteiger partial charge in [-0.15, -0.1) is 0 Å². The van der Waals surface area contributed by atoms with Crippen LogP contribution in [0.15, 0.2) is 78.9 Å². The smallest absolute Gasteiger partial charge is 0.419 e. The lowest BCUT2D eigenvalue weighted by Crippen LogP contribution is -2.55. The summed E-state index contributed by atoms with van der Waals surface area (Å²) in [4.78, 5) is 70.7. The van der Waals surface area contributed by atoms with Gasteiger partial charge in [-0.3, -0.25) is 4.79 Å². The third-order valence-electron chi connectivity index (χ3n) is 8.86. The molecule has 56 heavy (non-hydrogen) atoms. The lowest BCUT2D eigenvalue weighted by atomic mass is 10.0. The largest absolute Gasteiger partial charge is 0.458 e. The standard InChI is InChI=1S/C43H56N4O9/c1-42(2,3)55-38(49)35(25-15-17-27-46(40(51)56-43(4,5)6)39(50)53-28-29-18-8-7-9-19-29)47(37(48)34(45)24-14-16-26-44)41(52)54-36-32-22-12-10-20-30(32)31-21-11-13-23-33(31)36/h7-13,18-23,34-36H,14-17,24-28,44-45H2,1-6H3/t34-,35-/m0/s1. The van der Waals surface area contributed by atoms with Crippen molar-refractivity contribution < 1.29 is 42.9 Å². The van der Waals surface area contributed by atoms with Crippen molar-refractivity contribution in [3.05, 3.63) is 95.6 Å². The fraction of sp³-hybridized carbons (Fsp3) is 0.465. The van der Waals surface area contributed by atoms with Crippen LogP contribution in [0.2, 0.25) is 0 Å². The highest BCUT2D eigenvalue weighted by atomic mass is 16.6. The molecule has 0 radical (unpaired) electrons. The minimum atomic E-state index is -1.46. The zero-order valence-electron chi connectivity index (χ0n) is 33.3. The highest BCUT2D eigenvalue weighted by Gasteiger charge is 2.42. The molecular formula is C43H56N4O9. The summed E-state index contributed by atoms with van der Waals surface area (Å²) in [6.07, 6.45) is -2.17. The van der Waals surface area contributed by atoms with Gasteiger partial charge in [-0.25, -0.2) is 29.0 Å². The highest BCUT2D eigenvalue weighted by molar-refractivity contribution is 5.99. The second-order valence-corrected chi connectivity index (χ2v) is 15.8. The number of carbonyl (C=O) groups is 5. The number of amides is 4. The maximum Gasteiger partial charge on any atom is 0.419 e. The van der Waals surface area contributed by atoms with Crippen molar-refractivity contribution in [2.75, 3.05) is 13.1 Å². The maximum absolute atomic E-state index is 14.4. The summed E-state index contributed by atoms with van der Waals surface area (Å²) in [6.45, 7) is 10.3. The highest BCUT2D eigenvalue weighted by Crippen LogP contribution is 2.45. The van der Waals surface area contributed by atoms with Crippen molar-refractivity contribution in [2.24, 2.45) is 11.5 Å². The first-order chi connectivity index (χ1) is 26.5.